The lowest BCUT2D eigenvalue weighted by Gasteiger charge is -2.19. The van der Waals surface area contributed by atoms with E-state index in [0.29, 0.717) is 12.5 Å². The second-order valence-corrected chi connectivity index (χ2v) is 5.74. The molecule has 1 fully saturated rings. The number of aliphatic carboxylic acids is 1. The minimum Gasteiger partial charge on any atom is -0.481 e. The zero-order valence-corrected chi connectivity index (χ0v) is 12.4. The van der Waals surface area contributed by atoms with Crippen LogP contribution in [0, 0.1) is 11.8 Å². The fraction of sp³-hybridized carbons (Fsp3) is 0.733. The number of carboxylic acid groups (broad SMARTS) is 1. The first-order valence-corrected chi connectivity index (χ1v) is 7.37. The largest absolute Gasteiger partial charge is 0.481 e. The normalized spacial score (nSPS) is 29.1. The van der Waals surface area contributed by atoms with Crippen molar-refractivity contribution in [1.82, 2.24) is 0 Å². The lowest BCUT2D eigenvalue weighted by atomic mass is 9.89. The molecule has 0 aliphatic heterocycles. The lowest BCUT2D eigenvalue weighted by molar-refractivity contribution is -0.139. The fourth-order valence-corrected chi connectivity index (χ4v) is 2.71. The Labute approximate surface area is 127 Å². The molecule has 1 saturated carbocycles. The maximum atomic E-state index is 13.6. The van der Waals surface area contributed by atoms with Crippen LogP contribution < -0.4 is 0 Å². The summed E-state index contributed by atoms with van der Waals surface area (Å²) in [5.74, 6) is -7.59. The molecule has 0 heterocycles. The van der Waals surface area contributed by atoms with Gasteiger partial charge in [-0.2, -0.15) is 8.78 Å². The summed E-state index contributed by atoms with van der Waals surface area (Å²) in [5, 5.41) is 28.3. The number of halogens is 2. The van der Waals surface area contributed by atoms with E-state index in [-0.39, 0.29) is 12.8 Å². The van der Waals surface area contributed by atoms with Crippen molar-refractivity contribution in [1.29, 1.82) is 0 Å². The second-order valence-electron chi connectivity index (χ2n) is 5.74. The van der Waals surface area contributed by atoms with E-state index in [4.69, 9.17) is 5.11 Å². The monoisotopic (exact) mass is 320 g/mol. The van der Waals surface area contributed by atoms with Crippen molar-refractivity contribution in [3.05, 3.63) is 12.2 Å². The number of hydrogen-bond donors (Lipinski definition) is 3. The summed E-state index contributed by atoms with van der Waals surface area (Å²) in [6, 6.07) is 0. The van der Waals surface area contributed by atoms with E-state index in [9.17, 15) is 28.6 Å². The van der Waals surface area contributed by atoms with Crippen LogP contribution in [0.2, 0.25) is 0 Å². The van der Waals surface area contributed by atoms with Crippen LogP contribution in [0.25, 0.3) is 0 Å². The SMILES string of the molecule is CCCCC(F)(F)C(=O)C=C[C@@H]1[C@@H](CC(=O)O)[C@@H](O)C[C@H]1O. The van der Waals surface area contributed by atoms with Crippen LogP contribution in [0.4, 0.5) is 8.78 Å². The minimum absolute atomic E-state index is 0.0344. The summed E-state index contributed by atoms with van der Waals surface area (Å²) in [4.78, 5) is 22.3. The molecule has 5 nitrogen and oxygen atoms in total. The van der Waals surface area contributed by atoms with Crippen LogP contribution in [0.3, 0.4) is 0 Å². The van der Waals surface area contributed by atoms with Gasteiger partial charge in [-0.15, -0.1) is 0 Å². The predicted molar refractivity (Wildman–Crippen MR) is 74.5 cm³/mol. The molecule has 3 N–H and O–H groups in total. The third-order valence-corrected chi connectivity index (χ3v) is 4.00. The third-order valence-electron chi connectivity index (χ3n) is 4.00. The first-order valence-electron chi connectivity index (χ1n) is 7.37. The van der Waals surface area contributed by atoms with Gasteiger partial charge in [0, 0.05) is 24.7 Å². The topological polar surface area (TPSA) is 94.8 Å². The first kappa shape index (κ1) is 18.7. The van der Waals surface area contributed by atoms with Gasteiger partial charge in [-0.05, 0) is 12.5 Å². The van der Waals surface area contributed by atoms with Crippen LogP contribution in [-0.2, 0) is 9.59 Å². The molecule has 0 amide bonds. The van der Waals surface area contributed by atoms with E-state index in [0.717, 1.165) is 6.08 Å². The number of unbranched alkanes of at least 4 members (excludes halogenated alkanes) is 1. The lowest BCUT2D eigenvalue weighted by Crippen LogP contribution is -2.28. The molecule has 22 heavy (non-hydrogen) atoms. The smallest absolute Gasteiger partial charge is 0.309 e. The molecule has 0 radical (unpaired) electrons. The molecular weight excluding hydrogens is 298 g/mol. The number of carbonyl (C=O) groups excluding carboxylic acids is 1. The third kappa shape index (κ3) is 4.84. The maximum absolute atomic E-state index is 13.6. The van der Waals surface area contributed by atoms with Crippen LogP contribution in [0.15, 0.2) is 12.2 Å². The van der Waals surface area contributed by atoms with Gasteiger partial charge in [-0.3, -0.25) is 9.59 Å². The summed E-state index contributed by atoms with van der Waals surface area (Å²) >= 11 is 0. The molecule has 0 aromatic rings. The van der Waals surface area contributed by atoms with E-state index in [1.807, 2.05) is 0 Å². The molecule has 0 bridgehead atoms. The Kier molecular flexibility index (Phi) is 6.62. The van der Waals surface area contributed by atoms with Crippen molar-refractivity contribution in [3.8, 4) is 0 Å². The molecule has 0 spiro atoms. The van der Waals surface area contributed by atoms with Gasteiger partial charge in [0.25, 0.3) is 0 Å². The highest BCUT2D eigenvalue weighted by Crippen LogP contribution is 2.36. The fourth-order valence-electron chi connectivity index (χ4n) is 2.71. The maximum Gasteiger partial charge on any atom is 0.309 e. The van der Waals surface area contributed by atoms with E-state index in [1.54, 1.807) is 6.92 Å². The molecule has 0 aromatic carbocycles. The predicted octanol–water partition coefficient (Wildman–Crippen LogP) is 1.77. The highest BCUT2D eigenvalue weighted by Gasteiger charge is 2.42. The molecule has 1 aliphatic carbocycles. The molecule has 1 rings (SSSR count). The van der Waals surface area contributed by atoms with Gasteiger partial charge in [0.1, 0.15) is 0 Å². The zero-order valence-electron chi connectivity index (χ0n) is 12.4. The van der Waals surface area contributed by atoms with Gasteiger partial charge in [0.15, 0.2) is 0 Å². The van der Waals surface area contributed by atoms with Crippen molar-refractivity contribution in [3.63, 3.8) is 0 Å². The molecule has 0 unspecified atom stereocenters. The van der Waals surface area contributed by atoms with E-state index in [2.05, 4.69) is 0 Å². The van der Waals surface area contributed by atoms with E-state index >= 15 is 0 Å². The van der Waals surface area contributed by atoms with Gasteiger partial charge in [-0.25, -0.2) is 0 Å². The molecule has 0 aromatic heterocycles. The van der Waals surface area contributed by atoms with Crippen molar-refractivity contribution in [2.45, 2.75) is 57.2 Å². The van der Waals surface area contributed by atoms with Gasteiger partial charge in [0.05, 0.1) is 18.6 Å². The van der Waals surface area contributed by atoms with Gasteiger partial charge < -0.3 is 15.3 Å². The molecule has 4 atom stereocenters. The Hall–Kier alpha value is -1.34. The summed E-state index contributed by atoms with van der Waals surface area (Å²) in [5.41, 5.74) is 0. The molecule has 1 aliphatic rings. The number of hydrogen-bond acceptors (Lipinski definition) is 4. The average molecular weight is 320 g/mol. The van der Waals surface area contributed by atoms with E-state index < -0.39 is 54.6 Å². The summed E-state index contributed by atoms with van der Waals surface area (Å²) in [6.45, 7) is 1.74. The van der Waals surface area contributed by atoms with Gasteiger partial charge in [0.2, 0.25) is 5.78 Å². The Morgan fingerprint density at radius 1 is 1.27 bits per heavy atom. The Balaban J connectivity index is 2.77. The number of alkyl halides is 2. The Morgan fingerprint density at radius 3 is 2.45 bits per heavy atom. The van der Waals surface area contributed by atoms with Crippen LogP contribution in [0.5, 0.6) is 0 Å². The van der Waals surface area contributed by atoms with Crippen LogP contribution in [-0.4, -0.2) is 45.2 Å². The Bertz CT molecular complexity index is 436. The van der Waals surface area contributed by atoms with Crippen molar-refractivity contribution >= 4 is 11.8 Å². The highest BCUT2D eigenvalue weighted by molar-refractivity contribution is 5.95. The highest BCUT2D eigenvalue weighted by atomic mass is 19.3. The molecular formula is C15H22F2O5. The molecule has 0 saturated heterocycles. The quantitative estimate of drug-likeness (QED) is 0.593. The average Bonchev–Trinajstić information content (AvgIpc) is 2.68. The van der Waals surface area contributed by atoms with Gasteiger partial charge >= 0.3 is 11.9 Å². The van der Waals surface area contributed by atoms with Crippen molar-refractivity contribution < 1.29 is 33.7 Å². The number of allylic oxidation sites excluding steroid dienone is 1. The number of carboxylic acids is 1. The number of aliphatic hydroxyl groups excluding tert-OH is 2. The first-order chi connectivity index (χ1) is 10.2. The molecule has 126 valence electrons. The second kappa shape index (κ2) is 7.78. The van der Waals surface area contributed by atoms with Crippen LogP contribution in [0.1, 0.15) is 39.0 Å². The summed E-state index contributed by atoms with van der Waals surface area (Å²) in [6.07, 6.45) is -0.473. The Morgan fingerprint density at radius 2 is 1.91 bits per heavy atom. The van der Waals surface area contributed by atoms with E-state index in [1.165, 1.54) is 0 Å². The van der Waals surface area contributed by atoms with Crippen molar-refractivity contribution in [2.24, 2.45) is 11.8 Å². The number of rotatable bonds is 8. The standard InChI is InChI=1S/C15H22F2O5/c1-2-3-6-15(16,17)13(20)5-4-9-10(7-14(21)22)12(19)8-11(9)18/h4-5,9-12,18-19H,2-3,6-8H2,1H3,(H,21,22)/t9-,10-,11-,12+/m1/s1. The number of carbonyl (C=O) groups is 2. The summed E-state index contributed by atoms with van der Waals surface area (Å²) in [7, 11) is 0. The van der Waals surface area contributed by atoms with Crippen LogP contribution >= 0.6 is 0 Å². The van der Waals surface area contributed by atoms with Crippen molar-refractivity contribution in [2.75, 3.05) is 0 Å². The summed E-state index contributed by atoms with van der Waals surface area (Å²) < 4.78 is 27.1. The minimum atomic E-state index is -3.46. The number of aliphatic hydroxyl groups is 2. The van der Waals surface area contributed by atoms with Gasteiger partial charge in [-0.1, -0.05) is 19.4 Å². The number of ketones is 1. The zero-order chi connectivity index (χ0) is 16.9. The molecule has 7 heteroatoms.